The summed E-state index contributed by atoms with van der Waals surface area (Å²) in [4.78, 5) is -0.206. The van der Waals surface area contributed by atoms with Crippen LogP contribution < -0.4 is 4.74 Å². The number of para-hydroxylation sites is 1. The maximum Gasteiger partial charge on any atom is 0.216 e. The predicted octanol–water partition coefficient (Wildman–Crippen LogP) is 4.20. The third-order valence-corrected chi connectivity index (χ3v) is 5.10. The Balaban J connectivity index is 2.40. The molecule has 2 aromatic carbocycles. The zero-order valence-corrected chi connectivity index (χ0v) is 14.3. The van der Waals surface area contributed by atoms with Crippen molar-refractivity contribution in [2.24, 2.45) is 0 Å². The summed E-state index contributed by atoms with van der Waals surface area (Å²) in [7, 11) is -3.85. The van der Waals surface area contributed by atoms with Gasteiger partial charge < -0.3 is 4.74 Å². The van der Waals surface area contributed by atoms with Gasteiger partial charge in [-0.15, -0.1) is 0 Å². The van der Waals surface area contributed by atoms with Crippen molar-refractivity contribution in [1.82, 2.24) is 0 Å². The summed E-state index contributed by atoms with van der Waals surface area (Å²) < 4.78 is 30.9. The minimum Gasteiger partial charge on any atom is -0.493 e. The average molecular weight is 341 g/mol. The first-order valence-corrected chi connectivity index (χ1v) is 9.21. The number of benzene rings is 2. The first kappa shape index (κ1) is 17.8. The minimum absolute atomic E-state index is 0.0992. The van der Waals surface area contributed by atoms with Gasteiger partial charge in [0.15, 0.2) is 0 Å². The van der Waals surface area contributed by atoms with E-state index < -0.39 is 9.84 Å². The normalized spacial score (nSPS) is 11.8. The predicted molar refractivity (Wildman–Crippen MR) is 94.1 cm³/mol. The Morgan fingerprint density at radius 1 is 1.12 bits per heavy atom. The van der Waals surface area contributed by atoms with Gasteiger partial charge in [0.25, 0.3) is 0 Å². The van der Waals surface area contributed by atoms with E-state index in [1.807, 2.05) is 6.07 Å². The number of hydrogen-bond acceptors (Lipinski definition) is 4. The topological polar surface area (TPSA) is 67.2 Å². The second kappa shape index (κ2) is 8.32. The second-order valence-electron chi connectivity index (χ2n) is 5.18. The van der Waals surface area contributed by atoms with E-state index in [2.05, 4.69) is 6.92 Å². The van der Waals surface area contributed by atoms with Gasteiger partial charge >= 0.3 is 0 Å². The van der Waals surface area contributed by atoms with Gasteiger partial charge in [-0.3, -0.25) is 0 Å². The molecule has 0 fully saturated rings. The summed E-state index contributed by atoms with van der Waals surface area (Å²) >= 11 is 0. The van der Waals surface area contributed by atoms with E-state index >= 15 is 0 Å². The van der Waals surface area contributed by atoms with Crippen molar-refractivity contribution in [1.29, 1.82) is 5.26 Å². The van der Waals surface area contributed by atoms with Crippen LogP contribution in [-0.2, 0) is 9.84 Å². The quantitative estimate of drug-likeness (QED) is 0.559. The lowest BCUT2D eigenvalue weighted by Gasteiger charge is -2.09. The summed E-state index contributed by atoms with van der Waals surface area (Å²) in [6.45, 7) is 2.62. The zero-order valence-electron chi connectivity index (χ0n) is 13.5. The average Bonchev–Trinajstić information content (AvgIpc) is 2.61. The highest BCUT2D eigenvalue weighted by atomic mass is 32.2. The maximum absolute atomic E-state index is 12.6. The molecule has 0 saturated heterocycles. The molecule has 0 unspecified atom stereocenters. The van der Waals surface area contributed by atoms with Crippen LogP contribution in [0.15, 0.2) is 64.4 Å². The van der Waals surface area contributed by atoms with E-state index in [1.54, 1.807) is 42.5 Å². The Morgan fingerprint density at radius 3 is 2.46 bits per heavy atom. The first-order chi connectivity index (χ1) is 11.6. The van der Waals surface area contributed by atoms with Crippen molar-refractivity contribution >= 4 is 15.9 Å². The van der Waals surface area contributed by atoms with Gasteiger partial charge in [-0.1, -0.05) is 49.7 Å². The van der Waals surface area contributed by atoms with Crippen molar-refractivity contribution in [3.8, 4) is 11.8 Å². The number of hydrogen-bond donors (Lipinski definition) is 0. The fourth-order valence-electron chi connectivity index (χ4n) is 2.10. The summed E-state index contributed by atoms with van der Waals surface area (Å²) in [6.07, 6.45) is 3.28. The molecule has 0 aliphatic heterocycles. The molecule has 0 N–H and O–H groups in total. The lowest BCUT2D eigenvalue weighted by molar-refractivity contribution is 0.309. The largest absolute Gasteiger partial charge is 0.493 e. The van der Waals surface area contributed by atoms with Crippen molar-refractivity contribution < 1.29 is 13.2 Å². The number of ether oxygens (including phenoxy) is 1. The van der Waals surface area contributed by atoms with Crippen LogP contribution >= 0.6 is 0 Å². The van der Waals surface area contributed by atoms with E-state index in [9.17, 15) is 13.7 Å². The van der Waals surface area contributed by atoms with Gasteiger partial charge in [-0.25, -0.2) is 8.42 Å². The van der Waals surface area contributed by atoms with Crippen molar-refractivity contribution in [3.63, 3.8) is 0 Å². The lowest BCUT2D eigenvalue weighted by Crippen LogP contribution is -2.04. The van der Waals surface area contributed by atoms with Crippen LogP contribution in [0.4, 0.5) is 0 Å². The minimum atomic E-state index is -3.85. The molecule has 0 atom stereocenters. The maximum atomic E-state index is 12.6. The van der Waals surface area contributed by atoms with Crippen LogP contribution in [0.3, 0.4) is 0 Å². The van der Waals surface area contributed by atoms with Gasteiger partial charge in [-0.2, -0.15) is 5.26 Å². The molecular formula is C19H19NO3S. The third kappa shape index (κ3) is 4.24. The molecule has 0 aliphatic rings. The van der Waals surface area contributed by atoms with Gasteiger partial charge in [0, 0.05) is 5.56 Å². The van der Waals surface area contributed by atoms with Gasteiger partial charge in [-0.05, 0) is 30.7 Å². The SMILES string of the molecule is CCCCOc1ccccc1/C=C(/C#N)S(=O)(=O)c1ccccc1. The Kier molecular flexibility index (Phi) is 6.16. The molecular weight excluding hydrogens is 322 g/mol. The van der Waals surface area contributed by atoms with Gasteiger partial charge in [0.1, 0.15) is 16.7 Å². The molecule has 4 nitrogen and oxygen atoms in total. The highest BCUT2D eigenvalue weighted by Gasteiger charge is 2.20. The molecule has 0 aromatic heterocycles. The molecule has 0 spiro atoms. The monoisotopic (exact) mass is 341 g/mol. The molecule has 0 bridgehead atoms. The Labute approximate surface area is 142 Å². The fourth-order valence-corrected chi connectivity index (χ4v) is 3.27. The van der Waals surface area contributed by atoms with E-state index in [1.165, 1.54) is 18.2 Å². The molecule has 2 rings (SSSR count). The number of sulfone groups is 1. The molecule has 0 heterocycles. The van der Waals surface area contributed by atoms with E-state index in [0.717, 1.165) is 12.8 Å². The number of nitrogens with zero attached hydrogens (tertiary/aromatic N) is 1. The van der Waals surface area contributed by atoms with Crippen molar-refractivity contribution in [2.45, 2.75) is 24.7 Å². The van der Waals surface area contributed by atoms with E-state index in [0.29, 0.717) is 17.9 Å². The Bertz CT molecular complexity index is 850. The first-order valence-electron chi connectivity index (χ1n) is 7.73. The molecule has 24 heavy (non-hydrogen) atoms. The summed E-state index contributed by atoms with van der Waals surface area (Å²) in [5, 5.41) is 9.35. The van der Waals surface area contributed by atoms with Crippen molar-refractivity contribution in [2.75, 3.05) is 6.61 Å². The molecule has 2 aromatic rings. The summed E-state index contributed by atoms with van der Waals surface area (Å²) in [5.74, 6) is 0.571. The molecule has 0 radical (unpaired) electrons. The van der Waals surface area contributed by atoms with E-state index in [4.69, 9.17) is 4.74 Å². The van der Waals surface area contributed by atoms with Crippen LogP contribution in [0.5, 0.6) is 5.75 Å². The van der Waals surface area contributed by atoms with Crippen LogP contribution in [0, 0.1) is 11.3 Å². The van der Waals surface area contributed by atoms with Gasteiger partial charge in [0.2, 0.25) is 9.84 Å². The van der Waals surface area contributed by atoms with Gasteiger partial charge in [0.05, 0.1) is 11.5 Å². The third-order valence-electron chi connectivity index (χ3n) is 3.41. The molecule has 124 valence electrons. The number of allylic oxidation sites excluding steroid dienone is 1. The van der Waals surface area contributed by atoms with Crippen molar-refractivity contribution in [3.05, 3.63) is 65.1 Å². The van der Waals surface area contributed by atoms with E-state index in [-0.39, 0.29) is 9.80 Å². The van der Waals surface area contributed by atoms with Crippen LogP contribution in [-0.4, -0.2) is 15.0 Å². The van der Waals surface area contributed by atoms with Crippen LogP contribution in [0.25, 0.3) is 6.08 Å². The molecule has 0 saturated carbocycles. The molecule has 0 amide bonds. The van der Waals surface area contributed by atoms with Crippen LogP contribution in [0.2, 0.25) is 0 Å². The Morgan fingerprint density at radius 2 is 1.79 bits per heavy atom. The number of nitriles is 1. The standard InChI is InChI=1S/C19H19NO3S/c1-2-3-13-23-19-12-8-7-9-16(19)14-18(15-20)24(21,22)17-10-5-4-6-11-17/h4-12,14H,2-3,13H2,1H3/b18-14-. The highest BCUT2D eigenvalue weighted by Crippen LogP contribution is 2.25. The number of rotatable bonds is 7. The smallest absolute Gasteiger partial charge is 0.216 e. The summed E-state index contributed by atoms with van der Waals surface area (Å²) in [5.41, 5.74) is 0.574. The summed E-state index contributed by atoms with van der Waals surface area (Å²) in [6, 6.07) is 16.8. The highest BCUT2D eigenvalue weighted by molar-refractivity contribution is 7.95. The molecule has 5 heteroatoms. The van der Waals surface area contributed by atoms with Crippen LogP contribution in [0.1, 0.15) is 25.3 Å². The Hall–Kier alpha value is -2.58. The molecule has 0 aliphatic carbocycles. The zero-order chi connectivity index (χ0) is 17.4. The number of unbranched alkanes of at least 4 members (excludes halogenated alkanes) is 1. The lowest BCUT2D eigenvalue weighted by atomic mass is 10.2. The second-order valence-corrected chi connectivity index (χ2v) is 7.09. The fraction of sp³-hybridized carbons (Fsp3) is 0.211.